The maximum absolute atomic E-state index is 12.0. The summed E-state index contributed by atoms with van der Waals surface area (Å²) >= 11 is 0. The Hall–Kier alpha value is -1.34. The van der Waals surface area contributed by atoms with Crippen LogP contribution < -0.4 is 0 Å². The molecule has 0 amide bonds. The summed E-state index contributed by atoms with van der Waals surface area (Å²) in [5.74, 6) is -0.603. The predicted octanol–water partition coefficient (Wildman–Crippen LogP) is 2.62. The van der Waals surface area contributed by atoms with E-state index in [0.29, 0.717) is 0 Å². The fourth-order valence-corrected chi connectivity index (χ4v) is 0.785. The van der Waals surface area contributed by atoms with Crippen molar-refractivity contribution in [3.05, 3.63) is 23.3 Å². The maximum atomic E-state index is 12.0. The van der Waals surface area contributed by atoms with E-state index in [1.165, 1.54) is 0 Å². The van der Waals surface area contributed by atoms with Crippen LogP contribution in [-0.4, -0.2) is 9.97 Å². The van der Waals surface area contributed by atoms with E-state index in [1.807, 2.05) is 0 Å². The highest BCUT2D eigenvalue weighted by Gasteiger charge is 2.39. The molecule has 2 nitrogen and oxygen atoms in total. The van der Waals surface area contributed by atoms with Gasteiger partial charge in [-0.05, 0) is 6.92 Å². The lowest BCUT2D eigenvalue weighted by molar-refractivity contribution is -0.148. The lowest BCUT2D eigenvalue weighted by Crippen LogP contribution is -2.16. The number of aromatic nitrogens is 2. The van der Waals surface area contributed by atoms with Gasteiger partial charge in [0, 0.05) is 6.07 Å². The van der Waals surface area contributed by atoms with Crippen LogP contribution in [0.25, 0.3) is 0 Å². The van der Waals surface area contributed by atoms with Crippen LogP contribution in [0, 0.1) is 13.0 Å². The predicted molar refractivity (Wildman–Crippen MR) is 35.6 cm³/mol. The first kappa shape index (κ1) is 11.7. The molecule has 0 aliphatic heterocycles. The zero-order valence-corrected chi connectivity index (χ0v) is 7.16. The SMILES string of the molecule is Cc1nc(C(F)(F)F)[c]c(C(F)(F)F)n1. The van der Waals surface area contributed by atoms with Crippen LogP contribution >= 0.6 is 0 Å². The molecule has 1 aromatic rings. The van der Waals surface area contributed by atoms with Gasteiger partial charge in [-0.15, -0.1) is 0 Å². The van der Waals surface area contributed by atoms with Crippen molar-refractivity contribution in [3.63, 3.8) is 0 Å². The summed E-state index contributed by atoms with van der Waals surface area (Å²) in [5, 5.41) is 0. The number of rotatable bonds is 0. The molecule has 0 aliphatic rings. The Bertz CT molecular complexity index is 334. The molecule has 0 saturated carbocycles. The minimum Gasteiger partial charge on any atom is -0.228 e. The first-order chi connectivity index (χ1) is 6.60. The summed E-state index contributed by atoms with van der Waals surface area (Å²) in [5.41, 5.74) is -3.44. The minimum absolute atomic E-state index is 0.603. The first-order valence-electron chi connectivity index (χ1n) is 3.53. The summed E-state index contributed by atoms with van der Waals surface area (Å²) in [4.78, 5) is 5.65. The van der Waals surface area contributed by atoms with Gasteiger partial charge in [0.15, 0.2) is 11.4 Å². The van der Waals surface area contributed by atoms with Crippen molar-refractivity contribution in [2.24, 2.45) is 0 Å². The zero-order valence-electron chi connectivity index (χ0n) is 7.16. The van der Waals surface area contributed by atoms with E-state index in [0.717, 1.165) is 13.0 Å². The largest absolute Gasteiger partial charge is 0.434 e. The van der Waals surface area contributed by atoms with Gasteiger partial charge in [0.25, 0.3) is 0 Å². The first-order valence-corrected chi connectivity index (χ1v) is 3.53. The summed E-state index contributed by atoms with van der Waals surface area (Å²) in [6, 6.07) is 1.09. The summed E-state index contributed by atoms with van der Waals surface area (Å²) < 4.78 is 72.3. The van der Waals surface area contributed by atoms with Crippen molar-refractivity contribution in [1.82, 2.24) is 9.97 Å². The molecule has 0 fully saturated rings. The van der Waals surface area contributed by atoms with Gasteiger partial charge < -0.3 is 0 Å². The fourth-order valence-electron chi connectivity index (χ4n) is 0.785. The minimum atomic E-state index is -4.96. The van der Waals surface area contributed by atoms with Crippen LogP contribution in [-0.2, 0) is 12.4 Å². The van der Waals surface area contributed by atoms with E-state index in [2.05, 4.69) is 9.97 Å². The molecule has 1 heterocycles. The molecule has 0 saturated heterocycles. The molecule has 0 bridgehead atoms. The third-order valence-electron chi connectivity index (χ3n) is 1.32. The number of hydrogen-bond donors (Lipinski definition) is 0. The molecular weight excluding hydrogens is 226 g/mol. The Balaban J connectivity index is 3.30. The van der Waals surface area contributed by atoms with Crippen molar-refractivity contribution >= 4 is 0 Å². The summed E-state index contributed by atoms with van der Waals surface area (Å²) in [7, 11) is 0. The quantitative estimate of drug-likeness (QED) is 0.639. The van der Waals surface area contributed by atoms with Crippen LogP contribution in [0.5, 0.6) is 0 Å². The second kappa shape index (κ2) is 3.35. The molecule has 83 valence electrons. The van der Waals surface area contributed by atoms with E-state index in [-0.39, 0.29) is 0 Å². The third-order valence-corrected chi connectivity index (χ3v) is 1.32. The standard InChI is InChI=1S/C7H3F6N2/c1-3-14-4(6(8,9)10)2-5(15-3)7(11,12)13/h1H3. The number of nitrogens with zero attached hydrogens (tertiary/aromatic N) is 2. The average Bonchev–Trinajstić information content (AvgIpc) is 1.99. The molecule has 0 N–H and O–H groups in total. The van der Waals surface area contributed by atoms with Gasteiger partial charge in [0.05, 0.1) is 0 Å². The van der Waals surface area contributed by atoms with Crippen molar-refractivity contribution in [2.75, 3.05) is 0 Å². The van der Waals surface area contributed by atoms with Gasteiger partial charge in [0.2, 0.25) is 0 Å². The molecule has 0 spiro atoms. The Labute approximate surface area is 80.0 Å². The van der Waals surface area contributed by atoms with E-state index in [9.17, 15) is 26.3 Å². The Morgan fingerprint density at radius 1 is 0.867 bits per heavy atom. The van der Waals surface area contributed by atoms with Gasteiger partial charge >= 0.3 is 12.4 Å². The summed E-state index contributed by atoms with van der Waals surface area (Å²) in [6.07, 6.45) is -9.93. The molecule has 1 radical (unpaired) electrons. The van der Waals surface area contributed by atoms with Gasteiger partial charge in [-0.3, -0.25) is 0 Å². The smallest absolute Gasteiger partial charge is 0.228 e. The second-order valence-corrected chi connectivity index (χ2v) is 2.59. The number of alkyl halides is 6. The number of hydrogen-bond acceptors (Lipinski definition) is 2. The van der Waals surface area contributed by atoms with Crippen LogP contribution in [0.15, 0.2) is 0 Å². The van der Waals surface area contributed by atoms with Gasteiger partial charge in [-0.2, -0.15) is 26.3 Å². The monoisotopic (exact) mass is 229 g/mol. The molecule has 1 aromatic heterocycles. The van der Waals surface area contributed by atoms with Gasteiger partial charge in [0.1, 0.15) is 5.82 Å². The highest BCUT2D eigenvalue weighted by atomic mass is 19.4. The molecule has 0 atom stereocenters. The van der Waals surface area contributed by atoms with E-state index >= 15 is 0 Å². The molecule has 0 unspecified atom stereocenters. The van der Waals surface area contributed by atoms with Crippen LogP contribution in [0.4, 0.5) is 26.3 Å². The third kappa shape index (κ3) is 2.80. The van der Waals surface area contributed by atoms with E-state index in [1.54, 1.807) is 0 Å². The van der Waals surface area contributed by atoms with Crippen molar-refractivity contribution in [1.29, 1.82) is 0 Å². The molecule has 1 rings (SSSR count). The molecule has 15 heavy (non-hydrogen) atoms. The molecular formula is C7H3F6N2. The molecule has 8 heteroatoms. The maximum Gasteiger partial charge on any atom is 0.434 e. The summed E-state index contributed by atoms with van der Waals surface area (Å²) in [6.45, 7) is 0.943. The van der Waals surface area contributed by atoms with Crippen molar-refractivity contribution in [3.8, 4) is 0 Å². The fraction of sp³-hybridized carbons (Fsp3) is 0.429. The average molecular weight is 229 g/mol. The Morgan fingerprint density at radius 2 is 1.20 bits per heavy atom. The normalized spacial score (nSPS) is 13.0. The Morgan fingerprint density at radius 3 is 1.47 bits per heavy atom. The van der Waals surface area contributed by atoms with Gasteiger partial charge in [-0.1, -0.05) is 0 Å². The lowest BCUT2D eigenvalue weighted by Gasteiger charge is -2.09. The van der Waals surface area contributed by atoms with Crippen LogP contribution in [0.1, 0.15) is 17.2 Å². The van der Waals surface area contributed by atoms with Crippen molar-refractivity contribution < 1.29 is 26.3 Å². The van der Waals surface area contributed by atoms with E-state index in [4.69, 9.17) is 0 Å². The molecule has 0 aromatic carbocycles. The van der Waals surface area contributed by atoms with Gasteiger partial charge in [-0.25, -0.2) is 9.97 Å². The highest BCUT2D eigenvalue weighted by Crippen LogP contribution is 2.32. The number of aryl methyl sites for hydroxylation is 1. The van der Waals surface area contributed by atoms with Crippen LogP contribution in [0.3, 0.4) is 0 Å². The molecule has 0 aliphatic carbocycles. The topological polar surface area (TPSA) is 25.8 Å². The van der Waals surface area contributed by atoms with Crippen LogP contribution in [0.2, 0.25) is 0 Å². The number of halogens is 6. The van der Waals surface area contributed by atoms with E-state index < -0.39 is 29.6 Å². The van der Waals surface area contributed by atoms with Crippen molar-refractivity contribution in [2.45, 2.75) is 19.3 Å². The second-order valence-electron chi connectivity index (χ2n) is 2.59. The lowest BCUT2D eigenvalue weighted by atomic mass is 10.3. The highest BCUT2D eigenvalue weighted by molar-refractivity contribution is 5.14. The zero-order chi connectivity index (χ0) is 11.9. The Kier molecular flexibility index (Phi) is 2.62.